The Morgan fingerprint density at radius 1 is 1.19 bits per heavy atom. The molecule has 0 amide bonds. The van der Waals surface area contributed by atoms with Crippen LogP contribution in [0.1, 0.15) is 25.7 Å². The van der Waals surface area contributed by atoms with E-state index in [-0.39, 0.29) is 19.4 Å². The van der Waals surface area contributed by atoms with Gasteiger partial charge in [-0.3, -0.25) is 14.4 Å². The number of hydrogen-bond donors (Lipinski definition) is 2. The Morgan fingerprint density at radius 2 is 1.81 bits per heavy atom. The fourth-order valence-electron chi connectivity index (χ4n) is 1.29. The maximum Gasteiger partial charge on any atom is 0.314 e. The van der Waals surface area contributed by atoms with Gasteiger partial charge in [0.2, 0.25) is 0 Å². The summed E-state index contributed by atoms with van der Waals surface area (Å²) in [5.74, 6) is -3.67. The fraction of sp³-hybridized carbons (Fsp3) is 0.700. The van der Waals surface area contributed by atoms with Crippen molar-refractivity contribution >= 4 is 17.7 Å². The molecule has 0 aromatic rings. The molecule has 0 aromatic carbocycles. The highest BCUT2D eigenvalue weighted by Gasteiger charge is 2.25. The zero-order valence-corrected chi connectivity index (χ0v) is 9.14. The van der Waals surface area contributed by atoms with Crippen LogP contribution in [-0.4, -0.2) is 41.7 Å². The number of ketones is 1. The highest BCUT2D eigenvalue weighted by molar-refractivity contribution is 5.98. The van der Waals surface area contributed by atoms with Crippen LogP contribution >= 0.6 is 0 Å². The van der Waals surface area contributed by atoms with E-state index < -0.39 is 23.6 Å². The molecule has 0 spiro atoms. The van der Waals surface area contributed by atoms with E-state index in [9.17, 15) is 14.4 Å². The Morgan fingerprint density at radius 3 is 2.25 bits per heavy atom. The summed E-state index contributed by atoms with van der Waals surface area (Å²) in [6, 6.07) is 0. The third-order valence-corrected chi connectivity index (χ3v) is 2.11. The number of carbonyl (C=O) groups is 3. The largest absolute Gasteiger partial charge is 0.481 e. The van der Waals surface area contributed by atoms with Crippen molar-refractivity contribution in [1.29, 1.82) is 0 Å². The molecule has 0 aliphatic rings. The van der Waals surface area contributed by atoms with Gasteiger partial charge in [0, 0.05) is 13.5 Å². The number of carbonyl (C=O) groups excluding carboxylic acids is 1. The molecule has 2 N–H and O–H groups in total. The second-order valence-corrected chi connectivity index (χ2v) is 3.43. The molecule has 0 saturated heterocycles. The van der Waals surface area contributed by atoms with E-state index in [1.165, 1.54) is 7.11 Å². The average Bonchev–Trinajstić information content (AvgIpc) is 2.16. The van der Waals surface area contributed by atoms with Gasteiger partial charge in [0.05, 0.1) is 0 Å². The molecular formula is C10H16O6. The summed E-state index contributed by atoms with van der Waals surface area (Å²) < 4.78 is 4.57. The number of methoxy groups -OCH3 is 1. The monoisotopic (exact) mass is 232 g/mol. The maximum absolute atomic E-state index is 11.3. The van der Waals surface area contributed by atoms with E-state index in [4.69, 9.17) is 10.2 Å². The van der Waals surface area contributed by atoms with Gasteiger partial charge in [-0.15, -0.1) is 0 Å². The summed E-state index contributed by atoms with van der Waals surface area (Å²) in [4.78, 5) is 32.3. The lowest BCUT2D eigenvalue weighted by Crippen LogP contribution is -2.27. The number of carboxylic acid groups (broad SMARTS) is 2. The number of ether oxygens (including phenoxy) is 1. The van der Waals surface area contributed by atoms with Crippen molar-refractivity contribution in [2.24, 2.45) is 5.92 Å². The Kier molecular flexibility index (Phi) is 7.11. The SMILES string of the molecule is COCC(=O)C(CCCCC(=O)O)C(=O)O. The van der Waals surface area contributed by atoms with Crippen LogP contribution in [0.25, 0.3) is 0 Å². The van der Waals surface area contributed by atoms with Crippen LogP contribution in [-0.2, 0) is 19.1 Å². The van der Waals surface area contributed by atoms with E-state index in [1.54, 1.807) is 0 Å². The maximum atomic E-state index is 11.3. The molecule has 0 aromatic heterocycles. The summed E-state index contributed by atoms with van der Waals surface area (Å²) in [6.45, 7) is -0.226. The van der Waals surface area contributed by atoms with Gasteiger partial charge in [-0.1, -0.05) is 6.42 Å². The summed E-state index contributed by atoms with van der Waals surface area (Å²) in [5, 5.41) is 17.2. The first kappa shape index (κ1) is 14.6. The van der Waals surface area contributed by atoms with Crippen molar-refractivity contribution in [3.63, 3.8) is 0 Å². The first-order valence-corrected chi connectivity index (χ1v) is 4.95. The minimum Gasteiger partial charge on any atom is -0.481 e. The Balaban J connectivity index is 4.00. The van der Waals surface area contributed by atoms with Crippen molar-refractivity contribution in [2.45, 2.75) is 25.7 Å². The van der Waals surface area contributed by atoms with Crippen LogP contribution in [0.5, 0.6) is 0 Å². The van der Waals surface area contributed by atoms with Crippen molar-refractivity contribution in [3.05, 3.63) is 0 Å². The zero-order valence-electron chi connectivity index (χ0n) is 9.14. The molecule has 1 unspecified atom stereocenters. The average molecular weight is 232 g/mol. The quantitative estimate of drug-likeness (QED) is 0.444. The number of rotatable bonds is 9. The molecule has 0 heterocycles. The second-order valence-electron chi connectivity index (χ2n) is 3.43. The van der Waals surface area contributed by atoms with Crippen molar-refractivity contribution in [1.82, 2.24) is 0 Å². The van der Waals surface area contributed by atoms with Crippen LogP contribution in [0.3, 0.4) is 0 Å². The summed E-state index contributed by atoms with van der Waals surface area (Å²) >= 11 is 0. The van der Waals surface area contributed by atoms with Gasteiger partial charge in [0.15, 0.2) is 5.78 Å². The van der Waals surface area contributed by atoms with Gasteiger partial charge in [0.1, 0.15) is 12.5 Å². The molecule has 0 saturated carbocycles. The zero-order chi connectivity index (χ0) is 12.6. The fourth-order valence-corrected chi connectivity index (χ4v) is 1.29. The number of Topliss-reactive ketones (excluding diaryl/α,β-unsaturated/α-hetero) is 1. The highest BCUT2D eigenvalue weighted by atomic mass is 16.5. The van der Waals surface area contributed by atoms with Gasteiger partial charge < -0.3 is 14.9 Å². The third-order valence-electron chi connectivity index (χ3n) is 2.11. The standard InChI is InChI=1S/C10H16O6/c1-16-6-8(11)7(10(14)15)4-2-3-5-9(12)13/h7H,2-6H2,1H3,(H,12,13)(H,14,15). The van der Waals surface area contributed by atoms with Crippen molar-refractivity contribution in [3.8, 4) is 0 Å². The lowest BCUT2D eigenvalue weighted by molar-refractivity contribution is -0.147. The van der Waals surface area contributed by atoms with Crippen molar-refractivity contribution in [2.75, 3.05) is 13.7 Å². The molecule has 16 heavy (non-hydrogen) atoms. The summed E-state index contributed by atoms with van der Waals surface area (Å²) in [5.41, 5.74) is 0. The van der Waals surface area contributed by atoms with Crippen LogP contribution in [0, 0.1) is 5.92 Å². The molecule has 0 radical (unpaired) electrons. The van der Waals surface area contributed by atoms with E-state index in [0.717, 1.165) is 0 Å². The molecule has 92 valence electrons. The minimum atomic E-state index is -1.18. The number of carboxylic acids is 2. The van der Waals surface area contributed by atoms with Crippen molar-refractivity contribution < 1.29 is 29.3 Å². The molecule has 6 heteroatoms. The van der Waals surface area contributed by atoms with Crippen LogP contribution in [0.4, 0.5) is 0 Å². The third kappa shape index (κ3) is 6.13. The van der Waals surface area contributed by atoms with Crippen LogP contribution in [0.15, 0.2) is 0 Å². The Hall–Kier alpha value is -1.43. The topological polar surface area (TPSA) is 101 Å². The van der Waals surface area contributed by atoms with Gasteiger partial charge in [-0.2, -0.15) is 0 Å². The first-order valence-electron chi connectivity index (χ1n) is 4.95. The summed E-state index contributed by atoms with van der Waals surface area (Å²) in [6.07, 6.45) is 0.924. The predicted octanol–water partition coefficient (Wildman–Crippen LogP) is 0.548. The molecular weight excluding hydrogens is 216 g/mol. The highest BCUT2D eigenvalue weighted by Crippen LogP contribution is 2.12. The molecule has 0 bridgehead atoms. The van der Waals surface area contributed by atoms with Gasteiger partial charge in [0.25, 0.3) is 0 Å². The van der Waals surface area contributed by atoms with Gasteiger partial charge in [-0.05, 0) is 12.8 Å². The smallest absolute Gasteiger partial charge is 0.314 e. The molecule has 0 rings (SSSR count). The summed E-state index contributed by atoms with van der Waals surface area (Å²) in [7, 11) is 1.32. The van der Waals surface area contributed by atoms with E-state index in [0.29, 0.717) is 12.8 Å². The van der Waals surface area contributed by atoms with E-state index in [1.807, 2.05) is 0 Å². The Labute approximate surface area is 93.2 Å². The lowest BCUT2D eigenvalue weighted by Gasteiger charge is -2.09. The lowest BCUT2D eigenvalue weighted by atomic mass is 9.97. The molecule has 6 nitrogen and oxygen atoms in total. The second kappa shape index (κ2) is 7.81. The van der Waals surface area contributed by atoms with Gasteiger partial charge >= 0.3 is 11.9 Å². The van der Waals surface area contributed by atoms with E-state index in [2.05, 4.69) is 4.74 Å². The molecule has 0 aliphatic carbocycles. The predicted molar refractivity (Wildman–Crippen MR) is 54.1 cm³/mol. The number of unbranched alkanes of at least 4 members (excludes halogenated alkanes) is 1. The van der Waals surface area contributed by atoms with Crippen LogP contribution in [0.2, 0.25) is 0 Å². The normalized spacial score (nSPS) is 12.1. The Bertz CT molecular complexity index is 260. The van der Waals surface area contributed by atoms with Gasteiger partial charge in [-0.25, -0.2) is 0 Å². The van der Waals surface area contributed by atoms with Crippen LogP contribution < -0.4 is 0 Å². The molecule has 0 aliphatic heterocycles. The minimum absolute atomic E-state index is 0.00912. The first-order chi connectivity index (χ1) is 7.49. The number of hydrogen-bond acceptors (Lipinski definition) is 4. The molecule has 0 fully saturated rings. The van der Waals surface area contributed by atoms with E-state index >= 15 is 0 Å². The molecule has 1 atom stereocenters. The number of aliphatic carboxylic acids is 2.